The molecular weight excluding hydrogens is 454 g/mol. The minimum Gasteiger partial charge on any atom is -0.497 e. The van der Waals surface area contributed by atoms with Crippen LogP contribution in [0.4, 0.5) is 5.69 Å². The van der Waals surface area contributed by atoms with Crippen LogP contribution in [0.25, 0.3) is 32.4 Å². The van der Waals surface area contributed by atoms with Gasteiger partial charge < -0.3 is 14.6 Å². The van der Waals surface area contributed by atoms with Gasteiger partial charge in [-0.3, -0.25) is 14.2 Å². The summed E-state index contributed by atoms with van der Waals surface area (Å²) < 4.78 is 11.9. The lowest BCUT2D eigenvalue weighted by molar-refractivity contribution is -0.116. The number of benzene rings is 2. The van der Waals surface area contributed by atoms with Crippen molar-refractivity contribution in [2.75, 3.05) is 12.4 Å². The summed E-state index contributed by atoms with van der Waals surface area (Å²) in [6.07, 6.45) is 1.37. The van der Waals surface area contributed by atoms with E-state index < -0.39 is 0 Å². The van der Waals surface area contributed by atoms with E-state index in [1.165, 1.54) is 22.2 Å². The number of fused-ring (bicyclic) bond motifs is 1. The van der Waals surface area contributed by atoms with E-state index in [0.717, 1.165) is 5.56 Å². The van der Waals surface area contributed by atoms with Crippen LogP contribution in [-0.4, -0.2) is 32.7 Å². The molecule has 0 unspecified atom stereocenters. The van der Waals surface area contributed by atoms with Crippen LogP contribution in [0.1, 0.15) is 5.56 Å². The zero-order chi connectivity index (χ0) is 23.7. The predicted molar refractivity (Wildman–Crippen MR) is 129 cm³/mol. The highest BCUT2D eigenvalue weighted by atomic mass is 32.1. The molecule has 1 N–H and O–H groups in total. The third-order valence-electron chi connectivity index (χ3n) is 5.24. The normalized spacial score (nSPS) is 11.0. The van der Waals surface area contributed by atoms with Crippen LogP contribution < -0.4 is 15.6 Å². The Labute approximate surface area is 197 Å². The molecule has 0 radical (unpaired) electrons. The van der Waals surface area contributed by atoms with Crippen LogP contribution in [0.3, 0.4) is 0 Å². The maximum atomic E-state index is 13.2. The van der Waals surface area contributed by atoms with E-state index >= 15 is 0 Å². The van der Waals surface area contributed by atoms with Gasteiger partial charge in [0.05, 0.1) is 23.7 Å². The molecule has 0 saturated carbocycles. The number of ether oxygens (including phenoxy) is 1. The first-order valence-electron chi connectivity index (χ1n) is 10.4. The molecule has 0 saturated heterocycles. The van der Waals surface area contributed by atoms with Gasteiger partial charge in [-0.15, -0.1) is 11.3 Å². The third kappa shape index (κ3) is 4.06. The lowest BCUT2D eigenvalue weighted by Crippen LogP contribution is -2.27. The van der Waals surface area contributed by atoms with Crippen LogP contribution >= 0.6 is 11.3 Å². The highest BCUT2D eigenvalue weighted by Gasteiger charge is 2.21. The van der Waals surface area contributed by atoms with Gasteiger partial charge in [0.2, 0.25) is 11.7 Å². The Morgan fingerprint density at radius 2 is 2.00 bits per heavy atom. The minimum absolute atomic E-state index is 0.178. The second-order valence-electron chi connectivity index (χ2n) is 7.48. The largest absolute Gasteiger partial charge is 0.497 e. The van der Waals surface area contributed by atoms with E-state index in [9.17, 15) is 9.59 Å². The third-order valence-corrected chi connectivity index (χ3v) is 6.42. The van der Waals surface area contributed by atoms with Crippen molar-refractivity contribution in [1.82, 2.24) is 19.7 Å². The van der Waals surface area contributed by atoms with Gasteiger partial charge in [-0.25, -0.2) is 4.98 Å². The van der Waals surface area contributed by atoms with Gasteiger partial charge in [-0.05, 0) is 24.6 Å². The molecule has 170 valence electrons. The van der Waals surface area contributed by atoms with E-state index in [-0.39, 0.29) is 18.0 Å². The molecule has 2 aromatic carbocycles. The highest BCUT2D eigenvalue weighted by molar-refractivity contribution is 7.22. The Morgan fingerprint density at radius 1 is 1.18 bits per heavy atom. The Kier molecular flexibility index (Phi) is 5.64. The Hall–Kier alpha value is -4.31. The summed E-state index contributed by atoms with van der Waals surface area (Å²) in [6, 6.07) is 16.5. The van der Waals surface area contributed by atoms with Crippen molar-refractivity contribution in [1.29, 1.82) is 0 Å². The van der Waals surface area contributed by atoms with E-state index in [0.29, 0.717) is 43.8 Å². The predicted octanol–water partition coefficient (Wildman–Crippen LogP) is 4.13. The van der Waals surface area contributed by atoms with Crippen molar-refractivity contribution in [2.24, 2.45) is 0 Å². The van der Waals surface area contributed by atoms with Gasteiger partial charge in [-0.1, -0.05) is 41.6 Å². The molecule has 10 heteroatoms. The maximum absolute atomic E-state index is 13.2. The van der Waals surface area contributed by atoms with Crippen molar-refractivity contribution in [3.63, 3.8) is 0 Å². The number of nitrogens with one attached hydrogen (secondary N) is 1. The molecule has 0 aliphatic heterocycles. The second kappa shape index (κ2) is 8.91. The van der Waals surface area contributed by atoms with Gasteiger partial charge in [-0.2, -0.15) is 4.98 Å². The molecule has 0 spiro atoms. The molecule has 3 aromatic heterocycles. The summed E-state index contributed by atoms with van der Waals surface area (Å²) in [5.74, 6) is 1.05. The topological polar surface area (TPSA) is 112 Å². The lowest BCUT2D eigenvalue weighted by Gasteiger charge is -2.08. The first-order valence-corrected chi connectivity index (χ1v) is 11.2. The van der Waals surface area contributed by atoms with Crippen LogP contribution in [-0.2, 0) is 11.3 Å². The molecule has 5 aromatic rings. The number of carbonyl (C=O) groups excluding carboxylic acids is 1. The molecule has 9 nitrogen and oxygen atoms in total. The Morgan fingerprint density at radius 3 is 2.79 bits per heavy atom. The molecule has 0 aliphatic rings. The average Bonchev–Trinajstić information content (AvgIpc) is 3.47. The average molecular weight is 474 g/mol. The van der Waals surface area contributed by atoms with Crippen molar-refractivity contribution in [3.05, 3.63) is 76.8 Å². The number of nitrogens with zero attached hydrogens (tertiary/aromatic N) is 4. The SMILES string of the molecule is COc1cccc(NC(=O)Cn2cnc3sc(-c4nc(-c5ccccc5)no4)c(C)c3c2=O)c1. The Balaban J connectivity index is 1.43. The van der Waals surface area contributed by atoms with Gasteiger partial charge in [0, 0.05) is 17.3 Å². The zero-order valence-electron chi connectivity index (χ0n) is 18.3. The first-order chi connectivity index (χ1) is 16.5. The number of anilines is 1. The van der Waals surface area contributed by atoms with Crippen LogP contribution in [0.15, 0.2) is 70.2 Å². The number of aromatic nitrogens is 4. The standard InChI is InChI=1S/C24H19N5O4S/c1-14-19-23(34-20(14)22-27-21(28-33-22)15-7-4-3-5-8-15)25-13-29(24(19)31)12-18(30)26-16-9-6-10-17(11-16)32-2/h3-11,13H,12H2,1-2H3,(H,26,30). The number of thiophene rings is 1. The zero-order valence-corrected chi connectivity index (χ0v) is 19.1. The van der Waals surface area contributed by atoms with Gasteiger partial charge in [0.1, 0.15) is 17.1 Å². The van der Waals surface area contributed by atoms with Crippen molar-refractivity contribution in [3.8, 4) is 27.9 Å². The summed E-state index contributed by atoms with van der Waals surface area (Å²) >= 11 is 1.30. The van der Waals surface area contributed by atoms with E-state index in [4.69, 9.17) is 9.26 Å². The number of carbonyl (C=O) groups is 1. The minimum atomic E-state index is -0.353. The van der Waals surface area contributed by atoms with Crippen molar-refractivity contribution in [2.45, 2.75) is 13.5 Å². The lowest BCUT2D eigenvalue weighted by atomic mass is 10.2. The van der Waals surface area contributed by atoms with E-state index in [1.807, 2.05) is 37.3 Å². The van der Waals surface area contributed by atoms with E-state index in [2.05, 4.69) is 20.4 Å². The quantitative estimate of drug-likeness (QED) is 0.395. The molecule has 0 bridgehead atoms. The van der Waals surface area contributed by atoms with Crippen molar-refractivity contribution < 1.29 is 14.1 Å². The van der Waals surface area contributed by atoms with Crippen LogP contribution in [0.5, 0.6) is 5.75 Å². The highest BCUT2D eigenvalue weighted by Crippen LogP contribution is 2.35. The van der Waals surface area contributed by atoms with Crippen LogP contribution in [0, 0.1) is 6.92 Å². The van der Waals surface area contributed by atoms with Crippen LogP contribution in [0.2, 0.25) is 0 Å². The molecular formula is C24H19N5O4S. The summed E-state index contributed by atoms with van der Waals surface area (Å²) in [5, 5.41) is 7.25. The fourth-order valence-corrected chi connectivity index (χ4v) is 4.61. The van der Waals surface area contributed by atoms with Crippen molar-refractivity contribution >= 4 is 33.1 Å². The summed E-state index contributed by atoms with van der Waals surface area (Å²) in [6.45, 7) is 1.63. The number of methoxy groups -OCH3 is 1. The summed E-state index contributed by atoms with van der Waals surface area (Å²) in [7, 11) is 1.55. The number of aryl methyl sites for hydroxylation is 1. The monoisotopic (exact) mass is 473 g/mol. The number of hydrogen-bond donors (Lipinski definition) is 1. The van der Waals surface area contributed by atoms with Gasteiger partial charge in [0.25, 0.3) is 11.4 Å². The number of rotatable bonds is 6. The van der Waals surface area contributed by atoms with E-state index in [1.54, 1.807) is 31.4 Å². The molecule has 5 rings (SSSR count). The molecule has 0 fully saturated rings. The number of hydrogen-bond acceptors (Lipinski definition) is 8. The summed E-state index contributed by atoms with van der Waals surface area (Å²) in [4.78, 5) is 35.8. The molecule has 3 heterocycles. The first kappa shape index (κ1) is 21.5. The molecule has 1 amide bonds. The molecule has 0 aliphatic carbocycles. The fraction of sp³-hybridized carbons (Fsp3) is 0.125. The Bertz CT molecular complexity index is 1550. The maximum Gasteiger partial charge on any atom is 0.268 e. The molecule has 34 heavy (non-hydrogen) atoms. The molecule has 0 atom stereocenters. The second-order valence-corrected chi connectivity index (χ2v) is 8.48. The van der Waals surface area contributed by atoms with Gasteiger partial charge >= 0.3 is 0 Å². The smallest absolute Gasteiger partial charge is 0.268 e. The fourth-order valence-electron chi connectivity index (χ4n) is 3.55. The summed E-state index contributed by atoms with van der Waals surface area (Å²) in [5.41, 5.74) is 1.78. The van der Waals surface area contributed by atoms with Gasteiger partial charge in [0.15, 0.2) is 0 Å². The number of amides is 1.